The molecule has 0 radical (unpaired) electrons. The van der Waals surface area contributed by atoms with Crippen molar-refractivity contribution in [1.82, 2.24) is 4.98 Å². The molecule has 0 aliphatic carbocycles. The first-order valence-electron chi connectivity index (χ1n) is 4.19. The average Bonchev–Trinajstić information content (AvgIpc) is 2.16. The molecule has 0 aliphatic rings. The third kappa shape index (κ3) is 1.31. The maximum Gasteiger partial charge on any atom is 0.280 e. The Morgan fingerprint density at radius 2 is 2.07 bits per heavy atom. The standard InChI is InChI=1S/C10H8N2O2/c1-7-6-10(12(13)14)8-4-2-3-5-9(8)11-7/h2-6H,1H3. The fourth-order valence-electron chi connectivity index (χ4n) is 1.44. The van der Waals surface area contributed by atoms with E-state index in [0.29, 0.717) is 16.6 Å². The lowest BCUT2D eigenvalue weighted by Crippen LogP contribution is -1.92. The van der Waals surface area contributed by atoms with Crippen molar-refractivity contribution >= 4 is 16.6 Å². The first-order chi connectivity index (χ1) is 6.68. The minimum atomic E-state index is -0.378. The predicted molar refractivity (Wildman–Crippen MR) is 53.1 cm³/mol. The Hall–Kier alpha value is -1.97. The normalized spacial score (nSPS) is 10.4. The maximum absolute atomic E-state index is 10.7. The van der Waals surface area contributed by atoms with E-state index in [1.807, 2.05) is 6.07 Å². The number of rotatable bonds is 1. The Balaban J connectivity index is 2.87. The predicted octanol–water partition coefficient (Wildman–Crippen LogP) is 2.45. The van der Waals surface area contributed by atoms with Gasteiger partial charge in [0.25, 0.3) is 5.69 Å². The van der Waals surface area contributed by atoms with Gasteiger partial charge in [0.1, 0.15) is 0 Å². The minimum Gasteiger partial charge on any atom is -0.258 e. The lowest BCUT2D eigenvalue weighted by molar-refractivity contribution is -0.383. The van der Waals surface area contributed by atoms with Gasteiger partial charge in [0.05, 0.1) is 15.8 Å². The Morgan fingerprint density at radius 3 is 2.79 bits per heavy atom. The SMILES string of the molecule is Cc1cc([N+](=O)[O-])c2ccccc2n1. The number of nitro groups is 1. The van der Waals surface area contributed by atoms with Gasteiger partial charge in [0, 0.05) is 11.8 Å². The second kappa shape index (κ2) is 3.06. The van der Waals surface area contributed by atoms with Crippen LogP contribution in [0.3, 0.4) is 0 Å². The Kier molecular flexibility index (Phi) is 1.89. The molecule has 0 atom stereocenters. The molecular formula is C10H8N2O2. The van der Waals surface area contributed by atoms with E-state index in [-0.39, 0.29) is 10.6 Å². The van der Waals surface area contributed by atoms with E-state index in [1.54, 1.807) is 25.1 Å². The summed E-state index contributed by atoms with van der Waals surface area (Å²) >= 11 is 0. The number of fused-ring (bicyclic) bond motifs is 1. The molecule has 4 nitrogen and oxygen atoms in total. The van der Waals surface area contributed by atoms with Crippen LogP contribution in [0, 0.1) is 17.0 Å². The quantitative estimate of drug-likeness (QED) is 0.510. The first-order valence-corrected chi connectivity index (χ1v) is 4.19. The van der Waals surface area contributed by atoms with Crippen molar-refractivity contribution in [2.24, 2.45) is 0 Å². The molecule has 0 spiro atoms. The molecule has 2 rings (SSSR count). The maximum atomic E-state index is 10.7. The summed E-state index contributed by atoms with van der Waals surface area (Å²) in [6.07, 6.45) is 0. The first kappa shape index (κ1) is 8.62. The molecule has 0 unspecified atom stereocenters. The minimum absolute atomic E-state index is 0.119. The van der Waals surface area contributed by atoms with Gasteiger partial charge in [-0.05, 0) is 19.1 Å². The van der Waals surface area contributed by atoms with Crippen molar-refractivity contribution in [3.8, 4) is 0 Å². The number of hydrogen-bond acceptors (Lipinski definition) is 3. The summed E-state index contributed by atoms with van der Waals surface area (Å²) in [5.74, 6) is 0. The molecule has 14 heavy (non-hydrogen) atoms. The van der Waals surface area contributed by atoms with Gasteiger partial charge in [-0.1, -0.05) is 12.1 Å². The van der Waals surface area contributed by atoms with Crippen molar-refractivity contribution in [1.29, 1.82) is 0 Å². The van der Waals surface area contributed by atoms with Crippen molar-refractivity contribution in [2.75, 3.05) is 0 Å². The highest BCUT2D eigenvalue weighted by atomic mass is 16.6. The highest BCUT2D eigenvalue weighted by Gasteiger charge is 2.12. The van der Waals surface area contributed by atoms with E-state index in [2.05, 4.69) is 4.98 Å². The molecule has 0 saturated heterocycles. The summed E-state index contributed by atoms with van der Waals surface area (Å²) in [4.78, 5) is 14.6. The summed E-state index contributed by atoms with van der Waals surface area (Å²) < 4.78 is 0. The van der Waals surface area contributed by atoms with Gasteiger partial charge in [-0.3, -0.25) is 15.1 Å². The lowest BCUT2D eigenvalue weighted by atomic mass is 10.1. The van der Waals surface area contributed by atoms with Gasteiger partial charge in [-0.15, -0.1) is 0 Å². The number of pyridine rings is 1. The molecule has 1 aromatic heterocycles. The smallest absolute Gasteiger partial charge is 0.258 e. The molecule has 0 amide bonds. The Morgan fingerprint density at radius 1 is 1.36 bits per heavy atom. The number of para-hydroxylation sites is 1. The van der Waals surface area contributed by atoms with Crippen LogP contribution >= 0.6 is 0 Å². The van der Waals surface area contributed by atoms with Crippen LogP contribution in [0.5, 0.6) is 0 Å². The van der Waals surface area contributed by atoms with Crippen molar-refractivity contribution < 1.29 is 4.92 Å². The van der Waals surface area contributed by atoms with Crippen LogP contribution in [0.25, 0.3) is 10.9 Å². The van der Waals surface area contributed by atoms with Crippen LogP contribution in [0.2, 0.25) is 0 Å². The van der Waals surface area contributed by atoms with Crippen molar-refractivity contribution in [3.63, 3.8) is 0 Å². The number of benzene rings is 1. The van der Waals surface area contributed by atoms with Crippen molar-refractivity contribution in [2.45, 2.75) is 6.92 Å². The number of hydrogen-bond donors (Lipinski definition) is 0. The zero-order valence-corrected chi connectivity index (χ0v) is 7.60. The molecule has 70 valence electrons. The van der Waals surface area contributed by atoms with Crippen LogP contribution in [-0.2, 0) is 0 Å². The van der Waals surface area contributed by atoms with Crippen LogP contribution in [-0.4, -0.2) is 9.91 Å². The highest BCUT2D eigenvalue weighted by molar-refractivity contribution is 5.87. The summed E-state index contributed by atoms with van der Waals surface area (Å²) in [7, 11) is 0. The van der Waals surface area contributed by atoms with E-state index in [0.717, 1.165) is 0 Å². The third-order valence-corrected chi connectivity index (χ3v) is 2.02. The van der Waals surface area contributed by atoms with Crippen LogP contribution < -0.4 is 0 Å². The van der Waals surface area contributed by atoms with E-state index in [1.165, 1.54) is 6.07 Å². The summed E-state index contributed by atoms with van der Waals surface area (Å²) in [5, 5.41) is 11.3. The summed E-state index contributed by atoms with van der Waals surface area (Å²) in [6.45, 7) is 1.75. The fraction of sp³-hybridized carbons (Fsp3) is 0.100. The largest absolute Gasteiger partial charge is 0.280 e. The fourth-order valence-corrected chi connectivity index (χ4v) is 1.44. The summed E-state index contributed by atoms with van der Waals surface area (Å²) in [6, 6.07) is 8.56. The molecule has 1 aromatic carbocycles. The summed E-state index contributed by atoms with van der Waals surface area (Å²) in [5.41, 5.74) is 1.45. The highest BCUT2D eigenvalue weighted by Crippen LogP contribution is 2.24. The molecule has 2 aromatic rings. The van der Waals surface area contributed by atoms with Gasteiger partial charge >= 0.3 is 0 Å². The lowest BCUT2D eigenvalue weighted by Gasteiger charge is -1.99. The number of aryl methyl sites for hydroxylation is 1. The molecule has 0 N–H and O–H groups in total. The van der Waals surface area contributed by atoms with E-state index >= 15 is 0 Å². The number of nitrogens with zero attached hydrogens (tertiary/aromatic N) is 2. The second-order valence-corrected chi connectivity index (χ2v) is 3.06. The van der Waals surface area contributed by atoms with Crippen LogP contribution in [0.1, 0.15) is 5.69 Å². The monoisotopic (exact) mass is 188 g/mol. The van der Waals surface area contributed by atoms with E-state index in [4.69, 9.17) is 0 Å². The molecule has 4 heteroatoms. The van der Waals surface area contributed by atoms with Gasteiger partial charge in [-0.25, -0.2) is 0 Å². The zero-order chi connectivity index (χ0) is 10.1. The molecule has 0 fully saturated rings. The van der Waals surface area contributed by atoms with E-state index in [9.17, 15) is 10.1 Å². The topological polar surface area (TPSA) is 56.0 Å². The van der Waals surface area contributed by atoms with Crippen LogP contribution in [0.4, 0.5) is 5.69 Å². The van der Waals surface area contributed by atoms with Gasteiger partial charge in [-0.2, -0.15) is 0 Å². The molecule has 0 saturated carbocycles. The molecule has 0 bridgehead atoms. The molecule has 0 aliphatic heterocycles. The third-order valence-electron chi connectivity index (χ3n) is 2.02. The second-order valence-electron chi connectivity index (χ2n) is 3.06. The van der Waals surface area contributed by atoms with Gasteiger partial charge < -0.3 is 0 Å². The molecular weight excluding hydrogens is 180 g/mol. The Bertz CT molecular complexity index is 508. The van der Waals surface area contributed by atoms with E-state index < -0.39 is 0 Å². The van der Waals surface area contributed by atoms with Crippen LogP contribution in [0.15, 0.2) is 30.3 Å². The zero-order valence-electron chi connectivity index (χ0n) is 7.60. The van der Waals surface area contributed by atoms with Gasteiger partial charge in [0.15, 0.2) is 0 Å². The Labute approximate surface area is 80.4 Å². The van der Waals surface area contributed by atoms with Crippen molar-refractivity contribution in [3.05, 3.63) is 46.1 Å². The molecule has 1 heterocycles. The number of aromatic nitrogens is 1. The average molecular weight is 188 g/mol. The van der Waals surface area contributed by atoms with Gasteiger partial charge in [0.2, 0.25) is 0 Å².